The molecule has 0 aliphatic heterocycles. The predicted octanol–water partition coefficient (Wildman–Crippen LogP) is 4.05. The van der Waals surface area contributed by atoms with Gasteiger partial charge in [0.05, 0.1) is 5.69 Å². The lowest BCUT2D eigenvalue weighted by atomic mass is 9.90. The van der Waals surface area contributed by atoms with Crippen LogP contribution in [0.2, 0.25) is 5.02 Å². The molecular weight excluding hydrogens is 299 g/mol. The zero-order valence-corrected chi connectivity index (χ0v) is 13.0. The fourth-order valence-electron chi connectivity index (χ4n) is 1.80. The van der Waals surface area contributed by atoms with E-state index >= 15 is 0 Å². The molecule has 0 spiro atoms. The Morgan fingerprint density at radius 1 is 1.40 bits per heavy atom. The van der Waals surface area contributed by atoms with Crippen molar-refractivity contribution >= 4 is 28.9 Å². The second kappa shape index (κ2) is 5.58. The van der Waals surface area contributed by atoms with E-state index in [1.807, 2.05) is 20.8 Å². The van der Waals surface area contributed by atoms with E-state index in [2.05, 4.69) is 9.59 Å². The Labute approximate surface area is 125 Å². The van der Waals surface area contributed by atoms with Crippen LogP contribution in [0.15, 0.2) is 18.2 Å². The van der Waals surface area contributed by atoms with Crippen molar-refractivity contribution in [3.63, 3.8) is 0 Å². The average Bonchev–Trinajstić information content (AvgIpc) is 2.82. The van der Waals surface area contributed by atoms with Crippen LogP contribution in [-0.2, 0) is 11.8 Å². The van der Waals surface area contributed by atoms with Crippen molar-refractivity contribution in [3.8, 4) is 0 Å². The van der Waals surface area contributed by atoms with Crippen LogP contribution in [0.3, 0.4) is 0 Å². The lowest BCUT2D eigenvalue weighted by Crippen LogP contribution is -2.17. The molecule has 0 aliphatic carbocycles. The van der Waals surface area contributed by atoms with Gasteiger partial charge in [0.1, 0.15) is 10.7 Å². The highest BCUT2D eigenvalue weighted by atomic mass is 35.5. The minimum Gasteiger partial charge on any atom is -0.293 e. The Balaban J connectivity index is 2.30. The highest BCUT2D eigenvalue weighted by Crippen LogP contribution is 2.27. The summed E-state index contributed by atoms with van der Waals surface area (Å²) in [5, 5.41) is 4.41. The molecule has 6 heteroatoms. The zero-order valence-electron chi connectivity index (χ0n) is 11.4. The number of Topliss-reactive ketones (excluding diaryl/α,β-unsaturated/α-hetero) is 1. The molecule has 20 heavy (non-hydrogen) atoms. The highest BCUT2D eigenvalue weighted by molar-refractivity contribution is 7.08. The summed E-state index contributed by atoms with van der Waals surface area (Å²) in [7, 11) is 0. The van der Waals surface area contributed by atoms with E-state index in [-0.39, 0.29) is 17.6 Å². The molecule has 3 nitrogen and oxygen atoms in total. The molecule has 0 radical (unpaired) electrons. The quantitative estimate of drug-likeness (QED) is 0.803. The van der Waals surface area contributed by atoms with Gasteiger partial charge in [0.2, 0.25) is 0 Å². The predicted molar refractivity (Wildman–Crippen MR) is 78.1 cm³/mol. The van der Waals surface area contributed by atoms with E-state index in [1.54, 1.807) is 0 Å². The maximum absolute atomic E-state index is 13.2. The van der Waals surface area contributed by atoms with Gasteiger partial charge < -0.3 is 0 Å². The van der Waals surface area contributed by atoms with E-state index in [0.717, 1.165) is 11.5 Å². The average molecular weight is 313 g/mol. The van der Waals surface area contributed by atoms with Crippen molar-refractivity contribution in [1.29, 1.82) is 0 Å². The van der Waals surface area contributed by atoms with Crippen LogP contribution < -0.4 is 0 Å². The SMILES string of the molecule is CC(C)(C)c1nnsc1C(=O)Cc1cc(F)ccc1Cl. The zero-order chi connectivity index (χ0) is 14.9. The number of nitrogens with zero attached hydrogens (tertiary/aromatic N) is 2. The number of aromatic nitrogens is 2. The van der Waals surface area contributed by atoms with Gasteiger partial charge >= 0.3 is 0 Å². The van der Waals surface area contributed by atoms with Crippen molar-refractivity contribution in [2.24, 2.45) is 0 Å². The minimum atomic E-state index is -0.407. The minimum absolute atomic E-state index is 0.0452. The number of carbonyl (C=O) groups excluding carboxylic acids is 1. The summed E-state index contributed by atoms with van der Waals surface area (Å²) < 4.78 is 17.1. The second-order valence-electron chi connectivity index (χ2n) is 5.54. The number of ketones is 1. The Morgan fingerprint density at radius 3 is 2.75 bits per heavy atom. The largest absolute Gasteiger partial charge is 0.293 e. The van der Waals surface area contributed by atoms with Gasteiger partial charge in [-0.1, -0.05) is 36.9 Å². The molecule has 0 N–H and O–H groups in total. The van der Waals surface area contributed by atoms with Crippen LogP contribution in [-0.4, -0.2) is 15.4 Å². The molecule has 0 atom stereocenters. The van der Waals surface area contributed by atoms with E-state index in [9.17, 15) is 9.18 Å². The van der Waals surface area contributed by atoms with Gasteiger partial charge in [0.15, 0.2) is 5.78 Å². The summed E-state index contributed by atoms with van der Waals surface area (Å²) in [4.78, 5) is 12.9. The molecule has 0 unspecified atom stereocenters. The van der Waals surface area contributed by atoms with Crippen molar-refractivity contribution in [3.05, 3.63) is 45.2 Å². The van der Waals surface area contributed by atoms with Gasteiger partial charge in [-0.2, -0.15) is 0 Å². The van der Waals surface area contributed by atoms with Gasteiger partial charge in [-0.3, -0.25) is 4.79 Å². The number of carbonyl (C=O) groups is 1. The number of rotatable bonds is 3. The Bertz CT molecular complexity index is 649. The molecule has 2 rings (SSSR count). The number of benzene rings is 1. The third kappa shape index (κ3) is 3.22. The third-order valence-electron chi connectivity index (χ3n) is 2.81. The van der Waals surface area contributed by atoms with E-state index < -0.39 is 5.82 Å². The smallest absolute Gasteiger partial charge is 0.180 e. The summed E-state index contributed by atoms with van der Waals surface area (Å²) in [6.45, 7) is 5.90. The van der Waals surface area contributed by atoms with Gasteiger partial charge in [0.25, 0.3) is 0 Å². The fourth-order valence-corrected chi connectivity index (χ4v) is 2.79. The molecule has 0 saturated heterocycles. The summed E-state index contributed by atoms with van der Waals surface area (Å²) >= 11 is 7.05. The van der Waals surface area contributed by atoms with Gasteiger partial charge in [-0.25, -0.2) is 4.39 Å². The maximum Gasteiger partial charge on any atom is 0.180 e. The van der Waals surface area contributed by atoms with Crippen LogP contribution in [0.1, 0.15) is 41.7 Å². The van der Waals surface area contributed by atoms with Crippen molar-refractivity contribution in [2.75, 3.05) is 0 Å². The third-order valence-corrected chi connectivity index (χ3v) is 3.95. The molecule has 1 aromatic heterocycles. The first-order chi connectivity index (χ1) is 9.29. The van der Waals surface area contributed by atoms with Crippen molar-refractivity contribution in [2.45, 2.75) is 32.6 Å². The first-order valence-electron chi connectivity index (χ1n) is 6.09. The molecule has 106 valence electrons. The molecule has 0 aliphatic rings. The Kier molecular flexibility index (Phi) is 4.20. The molecule has 0 amide bonds. The normalized spacial score (nSPS) is 11.7. The summed E-state index contributed by atoms with van der Waals surface area (Å²) in [5.41, 5.74) is 0.883. The number of hydrogen-bond donors (Lipinski definition) is 0. The fraction of sp³-hybridized carbons (Fsp3) is 0.357. The van der Waals surface area contributed by atoms with Crippen molar-refractivity contribution in [1.82, 2.24) is 9.59 Å². The first kappa shape index (κ1) is 15.1. The lowest BCUT2D eigenvalue weighted by Gasteiger charge is -2.16. The molecule has 0 fully saturated rings. The summed E-state index contributed by atoms with van der Waals surface area (Å²) in [6.07, 6.45) is 0.0452. The molecule has 0 bridgehead atoms. The van der Waals surface area contributed by atoms with Gasteiger partial charge in [0, 0.05) is 16.9 Å². The Hall–Kier alpha value is -1.33. The monoisotopic (exact) mass is 312 g/mol. The van der Waals surface area contributed by atoms with Crippen LogP contribution in [0.25, 0.3) is 0 Å². The van der Waals surface area contributed by atoms with E-state index in [0.29, 0.717) is 21.2 Å². The van der Waals surface area contributed by atoms with Crippen molar-refractivity contribution < 1.29 is 9.18 Å². The van der Waals surface area contributed by atoms with Crippen LogP contribution >= 0.6 is 23.1 Å². The molecule has 0 saturated carbocycles. The molecule has 1 heterocycles. The van der Waals surface area contributed by atoms with E-state index in [4.69, 9.17) is 11.6 Å². The Morgan fingerprint density at radius 2 is 2.10 bits per heavy atom. The molecule has 2 aromatic rings. The number of halogens is 2. The topological polar surface area (TPSA) is 42.9 Å². The summed E-state index contributed by atoms with van der Waals surface area (Å²) in [6, 6.07) is 4.01. The van der Waals surface area contributed by atoms with Crippen LogP contribution in [0, 0.1) is 5.82 Å². The first-order valence-corrected chi connectivity index (χ1v) is 7.24. The molecular formula is C14H14ClFN2OS. The van der Waals surface area contributed by atoms with Gasteiger partial charge in [-0.05, 0) is 35.3 Å². The number of hydrogen-bond acceptors (Lipinski definition) is 4. The standard InChI is InChI=1S/C14H14ClFN2OS/c1-14(2,3)13-12(20-18-17-13)11(19)7-8-6-9(16)4-5-10(8)15/h4-6H,7H2,1-3H3. The maximum atomic E-state index is 13.2. The summed E-state index contributed by atoms with van der Waals surface area (Å²) in [5.74, 6) is -0.548. The second-order valence-corrected chi connectivity index (χ2v) is 6.70. The van der Waals surface area contributed by atoms with E-state index in [1.165, 1.54) is 18.2 Å². The highest BCUT2D eigenvalue weighted by Gasteiger charge is 2.26. The lowest BCUT2D eigenvalue weighted by molar-refractivity contribution is 0.0994. The van der Waals surface area contributed by atoms with Gasteiger partial charge in [-0.15, -0.1) is 5.10 Å². The van der Waals surface area contributed by atoms with Crippen LogP contribution in [0.4, 0.5) is 4.39 Å². The van der Waals surface area contributed by atoms with Crippen LogP contribution in [0.5, 0.6) is 0 Å². The molecule has 1 aromatic carbocycles.